The van der Waals surface area contributed by atoms with Crippen molar-refractivity contribution in [3.05, 3.63) is 65.9 Å². The summed E-state index contributed by atoms with van der Waals surface area (Å²) in [4.78, 5) is 19.3. The van der Waals surface area contributed by atoms with Crippen LogP contribution in [0.2, 0.25) is 0 Å². The third kappa shape index (κ3) is 3.87. The van der Waals surface area contributed by atoms with Crippen LogP contribution in [0.3, 0.4) is 0 Å². The summed E-state index contributed by atoms with van der Waals surface area (Å²) in [6.45, 7) is 2.25. The second-order valence-corrected chi connectivity index (χ2v) is 8.26. The van der Waals surface area contributed by atoms with Crippen LogP contribution in [0.15, 0.2) is 54.7 Å². The monoisotopic (exact) mass is 458 g/mol. The molecule has 10 heteroatoms. The number of hydrogen-bond acceptors (Lipinski definition) is 5. The number of ether oxygens (including phenoxy) is 1. The number of benzene rings is 2. The molecule has 1 aliphatic rings. The summed E-state index contributed by atoms with van der Waals surface area (Å²) >= 11 is 1.36. The average molecular weight is 458 g/mol. The first kappa shape index (κ1) is 20.7. The fraction of sp³-hybridized carbons (Fsp3) is 0.227. The summed E-state index contributed by atoms with van der Waals surface area (Å²) in [5.74, 6) is -0.0293. The van der Waals surface area contributed by atoms with Gasteiger partial charge in [0.15, 0.2) is 0 Å². The summed E-state index contributed by atoms with van der Waals surface area (Å²) in [6, 6.07) is 12.1. The van der Waals surface area contributed by atoms with Gasteiger partial charge in [-0.3, -0.25) is 4.79 Å². The molecule has 0 atom stereocenters. The molecular weight excluding hydrogens is 441 g/mol. The van der Waals surface area contributed by atoms with E-state index in [-0.39, 0.29) is 5.91 Å². The number of fused-ring (bicyclic) bond motifs is 1. The SMILES string of the molecule is O=C(c1ccc(-c2nn3c(-c4ccc(C(F)(F)F)cc4)cnc3s2)cc1)N1CCOCC1. The average Bonchev–Trinajstić information content (AvgIpc) is 3.40. The van der Waals surface area contributed by atoms with Crippen molar-refractivity contribution in [3.63, 3.8) is 0 Å². The van der Waals surface area contributed by atoms with Gasteiger partial charge in [0.2, 0.25) is 4.96 Å². The minimum atomic E-state index is -4.38. The highest BCUT2D eigenvalue weighted by atomic mass is 32.1. The van der Waals surface area contributed by atoms with Gasteiger partial charge >= 0.3 is 6.18 Å². The molecule has 4 aromatic rings. The van der Waals surface area contributed by atoms with E-state index < -0.39 is 11.7 Å². The van der Waals surface area contributed by atoms with Crippen molar-refractivity contribution in [2.45, 2.75) is 6.18 Å². The molecule has 2 aromatic heterocycles. The maximum Gasteiger partial charge on any atom is 0.416 e. The third-order valence-electron chi connectivity index (χ3n) is 5.27. The van der Waals surface area contributed by atoms with Crippen molar-refractivity contribution in [1.29, 1.82) is 0 Å². The number of alkyl halides is 3. The Labute approximate surface area is 184 Å². The lowest BCUT2D eigenvalue weighted by molar-refractivity contribution is -0.137. The highest BCUT2D eigenvalue weighted by Gasteiger charge is 2.30. The summed E-state index contributed by atoms with van der Waals surface area (Å²) in [5, 5.41) is 5.29. The zero-order valence-electron chi connectivity index (χ0n) is 16.7. The molecule has 0 N–H and O–H groups in total. The smallest absolute Gasteiger partial charge is 0.378 e. The van der Waals surface area contributed by atoms with Crippen LogP contribution < -0.4 is 0 Å². The lowest BCUT2D eigenvalue weighted by atomic mass is 10.1. The maximum atomic E-state index is 12.8. The van der Waals surface area contributed by atoms with E-state index in [2.05, 4.69) is 10.1 Å². The largest absolute Gasteiger partial charge is 0.416 e. The van der Waals surface area contributed by atoms with Gasteiger partial charge in [0, 0.05) is 29.8 Å². The number of morpholine rings is 1. The van der Waals surface area contributed by atoms with Crippen LogP contribution in [0, 0.1) is 0 Å². The maximum absolute atomic E-state index is 12.8. The Hall–Kier alpha value is -3.24. The molecule has 5 rings (SSSR count). The quantitative estimate of drug-likeness (QED) is 0.450. The van der Waals surface area contributed by atoms with Crippen molar-refractivity contribution in [3.8, 4) is 21.8 Å². The van der Waals surface area contributed by atoms with Crippen molar-refractivity contribution in [2.24, 2.45) is 0 Å². The predicted octanol–water partition coefficient (Wildman–Crippen LogP) is 4.62. The van der Waals surface area contributed by atoms with E-state index in [9.17, 15) is 18.0 Å². The Morgan fingerprint density at radius 2 is 1.62 bits per heavy atom. The number of imidazole rings is 1. The van der Waals surface area contributed by atoms with Gasteiger partial charge < -0.3 is 9.64 Å². The first-order valence-corrected chi connectivity index (χ1v) is 10.7. The van der Waals surface area contributed by atoms with Crippen LogP contribution in [0.5, 0.6) is 0 Å². The second-order valence-electron chi connectivity index (χ2n) is 7.30. The van der Waals surface area contributed by atoms with E-state index in [1.165, 1.54) is 23.5 Å². The summed E-state index contributed by atoms with van der Waals surface area (Å²) in [5.41, 5.74) is 1.93. The number of rotatable bonds is 3. The number of carbonyl (C=O) groups is 1. The van der Waals surface area contributed by atoms with Gasteiger partial charge in [-0.25, -0.2) is 9.50 Å². The van der Waals surface area contributed by atoms with E-state index in [0.717, 1.165) is 17.7 Å². The lowest BCUT2D eigenvalue weighted by Gasteiger charge is -2.26. The van der Waals surface area contributed by atoms with Crippen molar-refractivity contribution in [1.82, 2.24) is 19.5 Å². The Bertz CT molecular complexity index is 1260. The van der Waals surface area contributed by atoms with Crippen LogP contribution in [0.1, 0.15) is 15.9 Å². The Balaban J connectivity index is 1.40. The first-order valence-electron chi connectivity index (χ1n) is 9.90. The van der Waals surface area contributed by atoms with E-state index in [1.807, 2.05) is 12.1 Å². The van der Waals surface area contributed by atoms with Gasteiger partial charge in [-0.05, 0) is 24.3 Å². The molecule has 32 heavy (non-hydrogen) atoms. The molecular formula is C22H17F3N4O2S. The van der Waals surface area contributed by atoms with Crippen LogP contribution in [0.25, 0.3) is 26.8 Å². The van der Waals surface area contributed by atoms with Crippen molar-refractivity contribution in [2.75, 3.05) is 26.3 Å². The number of carbonyl (C=O) groups excluding carboxylic acids is 1. The molecule has 164 valence electrons. The van der Waals surface area contributed by atoms with Gasteiger partial charge in [0.1, 0.15) is 5.01 Å². The molecule has 0 aliphatic carbocycles. The standard InChI is InChI=1S/C22H17F3N4O2S/c23-22(24,25)17-7-5-14(6-8-17)18-13-26-21-29(18)27-19(32-21)15-1-3-16(4-2-15)20(30)28-9-11-31-12-10-28/h1-8,13H,9-12H2. The molecule has 0 radical (unpaired) electrons. The molecule has 0 unspecified atom stereocenters. The summed E-state index contributed by atoms with van der Waals surface area (Å²) in [6.07, 6.45) is -2.79. The Morgan fingerprint density at radius 1 is 0.969 bits per heavy atom. The highest BCUT2D eigenvalue weighted by Crippen LogP contribution is 2.33. The minimum Gasteiger partial charge on any atom is -0.378 e. The molecule has 1 amide bonds. The Morgan fingerprint density at radius 3 is 2.28 bits per heavy atom. The van der Waals surface area contributed by atoms with Gasteiger partial charge in [0.25, 0.3) is 5.91 Å². The number of amides is 1. The second kappa shape index (κ2) is 8.03. The summed E-state index contributed by atoms with van der Waals surface area (Å²) < 4.78 is 45.4. The molecule has 0 bridgehead atoms. The van der Waals surface area contributed by atoms with Crippen LogP contribution in [0.4, 0.5) is 13.2 Å². The van der Waals surface area contributed by atoms with E-state index >= 15 is 0 Å². The van der Waals surface area contributed by atoms with Gasteiger partial charge in [-0.2, -0.15) is 18.3 Å². The molecule has 1 fully saturated rings. The number of halogens is 3. The van der Waals surface area contributed by atoms with Gasteiger partial charge in [-0.15, -0.1) is 0 Å². The molecule has 6 nitrogen and oxygen atoms in total. The minimum absolute atomic E-state index is 0.0293. The molecule has 0 saturated carbocycles. The Kier molecular flexibility index (Phi) is 5.18. The highest BCUT2D eigenvalue weighted by molar-refractivity contribution is 7.19. The normalized spacial score (nSPS) is 14.8. The molecule has 1 aliphatic heterocycles. The summed E-state index contributed by atoms with van der Waals surface area (Å²) in [7, 11) is 0. The topological polar surface area (TPSA) is 59.7 Å². The third-order valence-corrected chi connectivity index (χ3v) is 6.24. The molecule has 3 heterocycles. The number of nitrogens with zero attached hydrogens (tertiary/aromatic N) is 4. The van der Waals surface area contributed by atoms with E-state index in [1.54, 1.807) is 27.7 Å². The molecule has 0 spiro atoms. The fourth-order valence-electron chi connectivity index (χ4n) is 3.54. The predicted molar refractivity (Wildman–Crippen MR) is 113 cm³/mol. The number of hydrogen-bond donors (Lipinski definition) is 0. The van der Waals surface area contributed by atoms with E-state index in [4.69, 9.17) is 4.74 Å². The molecule has 1 saturated heterocycles. The van der Waals surface area contributed by atoms with Crippen LogP contribution in [-0.2, 0) is 10.9 Å². The zero-order chi connectivity index (χ0) is 22.3. The first-order chi connectivity index (χ1) is 15.4. The van der Waals surface area contributed by atoms with E-state index in [0.29, 0.717) is 53.1 Å². The fourth-order valence-corrected chi connectivity index (χ4v) is 4.42. The van der Waals surface area contributed by atoms with Gasteiger partial charge in [-0.1, -0.05) is 35.6 Å². The van der Waals surface area contributed by atoms with Crippen molar-refractivity contribution < 1.29 is 22.7 Å². The molecule has 2 aromatic carbocycles. The lowest BCUT2D eigenvalue weighted by Crippen LogP contribution is -2.40. The van der Waals surface area contributed by atoms with Crippen LogP contribution in [-0.4, -0.2) is 51.7 Å². The van der Waals surface area contributed by atoms with Crippen LogP contribution >= 0.6 is 11.3 Å². The van der Waals surface area contributed by atoms with Crippen molar-refractivity contribution >= 4 is 22.2 Å². The number of aromatic nitrogens is 3. The van der Waals surface area contributed by atoms with Gasteiger partial charge in [0.05, 0.1) is 30.7 Å². The zero-order valence-corrected chi connectivity index (χ0v) is 17.5.